The maximum atomic E-state index is 9.29. The third kappa shape index (κ3) is 1.77. The zero-order valence-corrected chi connectivity index (χ0v) is 9.38. The van der Waals surface area contributed by atoms with Crippen molar-refractivity contribution in [3.05, 3.63) is 36.4 Å². The summed E-state index contributed by atoms with van der Waals surface area (Å²) >= 11 is 0. The Bertz CT molecular complexity index is 464. The Kier molecular flexibility index (Phi) is 2.85. The van der Waals surface area contributed by atoms with Crippen LogP contribution in [0.25, 0.3) is 10.8 Å². The number of benzene rings is 2. The Morgan fingerprint density at radius 2 is 1.56 bits per heavy atom. The fourth-order valence-corrected chi connectivity index (χ4v) is 1.93. The fourth-order valence-electron chi connectivity index (χ4n) is 1.93. The smallest absolute Gasteiger partial charge is 0.423 e. The molecule has 0 amide bonds. The van der Waals surface area contributed by atoms with Gasteiger partial charge in [-0.1, -0.05) is 30.3 Å². The Labute approximate surface area is 95.1 Å². The van der Waals surface area contributed by atoms with Gasteiger partial charge in [0.15, 0.2) is 0 Å². The summed E-state index contributed by atoms with van der Waals surface area (Å²) in [5.74, 6) is 0. The third-order valence-corrected chi connectivity index (χ3v) is 2.69. The highest BCUT2D eigenvalue weighted by Gasteiger charge is 2.15. The molecule has 0 unspecified atom stereocenters. The van der Waals surface area contributed by atoms with Gasteiger partial charge in [-0.05, 0) is 16.9 Å². The minimum absolute atomic E-state index is 0.543. The van der Waals surface area contributed by atoms with Crippen LogP contribution in [0.2, 0.25) is 0 Å². The highest BCUT2D eigenvalue weighted by atomic mass is 16.4. The van der Waals surface area contributed by atoms with Crippen molar-refractivity contribution in [3.8, 4) is 0 Å². The fraction of sp³-hybridized carbons (Fsp3) is 0.167. The van der Waals surface area contributed by atoms with Gasteiger partial charge in [-0.15, -0.1) is 0 Å². The average Bonchev–Trinajstić information content (AvgIpc) is 2.27. The standard InChI is InChI=1S/C12H14BNO2/c1-14(2)12-8-4-5-9-10(12)6-3-7-11(9)13(15)16/h3-8,15-16H,1-2H3. The molecular formula is C12H14BNO2. The van der Waals surface area contributed by atoms with Gasteiger partial charge in [0.05, 0.1) is 0 Å². The van der Waals surface area contributed by atoms with Crippen LogP contribution < -0.4 is 10.4 Å². The molecule has 0 fully saturated rings. The lowest BCUT2D eigenvalue weighted by Gasteiger charge is -2.16. The van der Waals surface area contributed by atoms with Crippen molar-refractivity contribution in [1.29, 1.82) is 0 Å². The van der Waals surface area contributed by atoms with E-state index in [1.165, 1.54) is 0 Å². The lowest BCUT2D eigenvalue weighted by Crippen LogP contribution is -2.30. The molecule has 0 bridgehead atoms. The summed E-state index contributed by atoms with van der Waals surface area (Å²) in [5, 5.41) is 20.5. The van der Waals surface area contributed by atoms with E-state index in [1.807, 2.05) is 49.3 Å². The Balaban J connectivity index is 2.76. The third-order valence-electron chi connectivity index (χ3n) is 2.69. The molecule has 0 radical (unpaired) electrons. The lowest BCUT2D eigenvalue weighted by atomic mass is 9.77. The Morgan fingerprint density at radius 1 is 0.938 bits per heavy atom. The number of hydrogen-bond acceptors (Lipinski definition) is 3. The lowest BCUT2D eigenvalue weighted by molar-refractivity contribution is 0.426. The molecule has 2 aromatic carbocycles. The van der Waals surface area contributed by atoms with Crippen LogP contribution in [0, 0.1) is 0 Å². The molecule has 0 aliphatic heterocycles. The van der Waals surface area contributed by atoms with Gasteiger partial charge in [0.25, 0.3) is 0 Å². The summed E-state index contributed by atoms with van der Waals surface area (Å²) in [4.78, 5) is 2.01. The summed E-state index contributed by atoms with van der Waals surface area (Å²) < 4.78 is 0. The SMILES string of the molecule is CN(C)c1cccc2c(B(O)O)cccc12. The summed E-state index contributed by atoms with van der Waals surface area (Å²) in [6, 6.07) is 11.4. The highest BCUT2D eigenvalue weighted by Crippen LogP contribution is 2.23. The van der Waals surface area contributed by atoms with Gasteiger partial charge in [0.1, 0.15) is 0 Å². The average molecular weight is 215 g/mol. The summed E-state index contributed by atoms with van der Waals surface area (Å²) in [6.45, 7) is 0. The minimum atomic E-state index is -1.43. The van der Waals surface area contributed by atoms with E-state index in [9.17, 15) is 10.0 Å². The first-order chi connectivity index (χ1) is 7.61. The van der Waals surface area contributed by atoms with Gasteiger partial charge in [-0.3, -0.25) is 0 Å². The van der Waals surface area contributed by atoms with E-state index in [-0.39, 0.29) is 0 Å². The molecule has 0 heterocycles. The van der Waals surface area contributed by atoms with E-state index in [2.05, 4.69) is 0 Å². The monoisotopic (exact) mass is 215 g/mol. The molecule has 0 saturated carbocycles. The van der Waals surface area contributed by atoms with E-state index < -0.39 is 7.12 Å². The van der Waals surface area contributed by atoms with Crippen molar-refractivity contribution in [2.24, 2.45) is 0 Å². The molecule has 2 N–H and O–H groups in total. The molecule has 0 aliphatic rings. The van der Waals surface area contributed by atoms with Crippen LogP contribution in [-0.4, -0.2) is 31.3 Å². The molecular weight excluding hydrogens is 201 g/mol. The zero-order chi connectivity index (χ0) is 11.7. The second-order valence-corrected chi connectivity index (χ2v) is 3.99. The van der Waals surface area contributed by atoms with Crippen LogP contribution in [0.3, 0.4) is 0 Å². The first kappa shape index (κ1) is 11.0. The first-order valence-corrected chi connectivity index (χ1v) is 5.16. The molecule has 0 saturated heterocycles. The molecule has 2 aromatic rings. The van der Waals surface area contributed by atoms with Crippen molar-refractivity contribution in [3.63, 3.8) is 0 Å². The number of anilines is 1. The van der Waals surface area contributed by atoms with Gasteiger partial charge in [0.2, 0.25) is 0 Å². The highest BCUT2D eigenvalue weighted by molar-refractivity contribution is 6.62. The Morgan fingerprint density at radius 3 is 2.19 bits per heavy atom. The minimum Gasteiger partial charge on any atom is -0.423 e. The quantitative estimate of drug-likeness (QED) is 0.720. The molecule has 0 spiro atoms. The summed E-state index contributed by atoms with van der Waals surface area (Å²) in [6.07, 6.45) is 0. The van der Waals surface area contributed by atoms with E-state index in [0.29, 0.717) is 5.46 Å². The molecule has 82 valence electrons. The topological polar surface area (TPSA) is 43.7 Å². The molecule has 2 rings (SSSR count). The van der Waals surface area contributed by atoms with Crippen LogP contribution >= 0.6 is 0 Å². The second kappa shape index (κ2) is 4.16. The number of nitrogens with zero attached hydrogens (tertiary/aromatic N) is 1. The van der Waals surface area contributed by atoms with Gasteiger partial charge in [-0.25, -0.2) is 0 Å². The van der Waals surface area contributed by atoms with Crippen LogP contribution in [0.1, 0.15) is 0 Å². The van der Waals surface area contributed by atoms with Gasteiger partial charge in [0, 0.05) is 25.2 Å². The molecule has 0 aliphatic carbocycles. The van der Waals surface area contributed by atoms with Crippen molar-refractivity contribution in [1.82, 2.24) is 0 Å². The molecule has 3 nitrogen and oxygen atoms in total. The maximum Gasteiger partial charge on any atom is 0.489 e. The van der Waals surface area contributed by atoms with Crippen molar-refractivity contribution in [2.75, 3.05) is 19.0 Å². The van der Waals surface area contributed by atoms with Gasteiger partial charge >= 0.3 is 7.12 Å². The van der Waals surface area contributed by atoms with Crippen LogP contribution in [-0.2, 0) is 0 Å². The van der Waals surface area contributed by atoms with E-state index in [4.69, 9.17) is 0 Å². The van der Waals surface area contributed by atoms with E-state index in [1.54, 1.807) is 6.07 Å². The summed E-state index contributed by atoms with van der Waals surface area (Å²) in [7, 11) is 2.51. The molecule has 0 atom stereocenters. The van der Waals surface area contributed by atoms with E-state index in [0.717, 1.165) is 16.5 Å². The van der Waals surface area contributed by atoms with Crippen LogP contribution in [0.15, 0.2) is 36.4 Å². The number of rotatable bonds is 2. The largest absolute Gasteiger partial charge is 0.489 e. The van der Waals surface area contributed by atoms with E-state index >= 15 is 0 Å². The predicted octanol–water partition coefficient (Wildman–Crippen LogP) is 0.586. The Hall–Kier alpha value is -1.52. The number of fused-ring (bicyclic) bond motifs is 1. The summed E-state index contributed by atoms with van der Waals surface area (Å²) in [5.41, 5.74) is 1.61. The van der Waals surface area contributed by atoms with Crippen LogP contribution in [0.5, 0.6) is 0 Å². The van der Waals surface area contributed by atoms with Crippen molar-refractivity contribution >= 4 is 29.0 Å². The van der Waals surface area contributed by atoms with Crippen LogP contribution in [0.4, 0.5) is 5.69 Å². The molecule has 0 aromatic heterocycles. The second-order valence-electron chi connectivity index (χ2n) is 3.99. The molecule has 4 heteroatoms. The first-order valence-electron chi connectivity index (χ1n) is 5.16. The molecule has 16 heavy (non-hydrogen) atoms. The van der Waals surface area contributed by atoms with Crippen molar-refractivity contribution < 1.29 is 10.0 Å². The zero-order valence-electron chi connectivity index (χ0n) is 9.38. The predicted molar refractivity (Wildman–Crippen MR) is 68.1 cm³/mol. The number of hydrogen-bond donors (Lipinski definition) is 2. The maximum absolute atomic E-state index is 9.29. The van der Waals surface area contributed by atoms with Gasteiger partial charge in [-0.2, -0.15) is 0 Å². The van der Waals surface area contributed by atoms with Gasteiger partial charge < -0.3 is 14.9 Å². The van der Waals surface area contributed by atoms with Crippen molar-refractivity contribution in [2.45, 2.75) is 0 Å². The normalized spacial score (nSPS) is 10.5.